The normalized spacial score (nSPS) is 0. The van der Waals surface area contributed by atoms with Gasteiger partial charge in [0.25, 0.3) is 0 Å². The minimum Gasteiger partial charge on any atom is -1.00 e. The number of halogens is 1. The minimum atomic E-state index is 0. The van der Waals surface area contributed by atoms with Gasteiger partial charge in [-0.3, -0.25) is 0 Å². The predicted octanol–water partition coefficient (Wildman–Crippen LogP) is -6.29. The number of rotatable bonds is 0. The first-order chi connectivity index (χ1) is 0. The molecule has 0 aliphatic rings. The standard InChI is InChI=1S/ClH.4H2O/h1H;4*1H2/p-1. The molecule has 0 spiro atoms. The number of hydrogen-bond donors (Lipinski definition) is 0. The van der Waals surface area contributed by atoms with Gasteiger partial charge >= 0.3 is 0 Å². The maximum Gasteiger partial charge on any atom is -0.412 e. The lowest BCUT2D eigenvalue weighted by Crippen LogP contribution is -3.00. The Morgan fingerprint density at radius 3 is 0.400 bits per heavy atom. The van der Waals surface area contributed by atoms with Gasteiger partial charge in [0.2, 0.25) is 0 Å². The second-order valence-corrected chi connectivity index (χ2v) is 0. The first-order valence-electron chi connectivity index (χ1n) is 0. The van der Waals surface area contributed by atoms with E-state index in [-0.39, 0.29) is 34.3 Å². The van der Waals surface area contributed by atoms with E-state index < -0.39 is 0 Å². The largest absolute Gasteiger partial charge is 1.00 e. The molecule has 5 heavy (non-hydrogen) atoms. The van der Waals surface area contributed by atoms with Gasteiger partial charge in [-0.1, -0.05) is 0 Å². The summed E-state index contributed by atoms with van der Waals surface area (Å²) in [6.07, 6.45) is 0. The van der Waals surface area contributed by atoms with E-state index in [0.29, 0.717) is 0 Å². The van der Waals surface area contributed by atoms with Crippen LogP contribution in [0.1, 0.15) is 0 Å². The highest BCUT2D eigenvalue weighted by atomic mass is 35.5. The lowest BCUT2D eigenvalue weighted by atomic mass is 16.0. The lowest BCUT2D eigenvalue weighted by molar-refractivity contribution is -0.00000484. The van der Waals surface area contributed by atoms with E-state index in [1.807, 2.05) is 0 Å². The molecule has 40 valence electrons. The SMILES string of the molecule is O.O.O.O.[Cl-]. The van der Waals surface area contributed by atoms with Gasteiger partial charge in [0.15, 0.2) is 0 Å². The fourth-order valence-electron chi connectivity index (χ4n) is 0. The van der Waals surface area contributed by atoms with Gasteiger partial charge < -0.3 is 34.3 Å². The van der Waals surface area contributed by atoms with Gasteiger partial charge in [-0.2, -0.15) is 0 Å². The van der Waals surface area contributed by atoms with Crippen molar-refractivity contribution < 1.29 is 34.3 Å². The molecule has 4 nitrogen and oxygen atoms in total. The Balaban J connectivity index is 0. The van der Waals surface area contributed by atoms with Crippen LogP contribution in [0.2, 0.25) is 0 Å². The maximum absolute atomic E-state index is 0. The Hall–Kier alpha value is 0.130. The van der Waals surface area contributed by atoms with Crippen LogP contribution in [0.4, 0.5) is 0 Å². The molecule has 0 bridgehead atoms. The first-order valence-corrected chi connectivity index (χ1v) is 0. The average molecular weight is 108 g/mol. The molecular formula is H8ClO4-. The highest BCUT2D eigenvalue weighted by Crippen LogP contribution is -0.286. The van der Waals surface area contributed by atoms with Crippen LogP contribution in [0.3, 0.4) is 0 Å². The first kappa shape index (κ1) is 5180. The van der Waals surface area contributed by atoms with Crippen LogP contribution >= 0.6 is 0 Å². The van der Waals surface area contributed by atoms with E-state index in [1.165, 1.54) is 0 Å². The van der Waals surface area contributed by atoms with Crippen molar-refractivity contribution in [3.05, 3.63) is 0 Å². The summed E-state index contributed by atoms with van der Waals surface area (Å²) in [6.45, 7) is 0. The molecule has 0 rings (SSSR count). The highest BCUT2D eigenvalue weighted by molar-refractivity contribution is 0.827. The topological polar surface area (TPSA) is 126 Å². The molecule has 0 aromatic heterocycles. The van der Waals surface area contributed by atoms with Gasteiger partial charge in [-0.15, -0.1) is 0 Å². The van der Waals surface area contributed by atoms with Crippen molar-refractivity contribution in [2.75, 3.05) is 0 Å². The van der Waals surface area contributed by atoms with Crippen LogP contribution in [0.5, 0.6) is 0 Å². The summed E-state index contributed by atoms with van der Waals surface area (Å²) in [5.41, 5.74) is 0. The zero-order valence-electron chi connectivity index (χ0n) is 2.38. The molecule has 0 radical (unpaired) electrons. The van der Waals surface area contributed by atoms with Crippen molar-refractivity contribution in [2.24, 2.45) is 0 Å². The molecule has 0 atom stereocenters. The number of hydrogen-bond acceptors (Lipinski definition) is 0. The van der Waals surface area contributed by atoms with E-state index in [1.54, 1.807) is 0 Å². The zero-order chi connectivity index (χ0) is 0. The lowest BCUT2D eigenvalue weighted by Gasteiger charge is -1.00. The van der Waals surface area contributed by atoms with Crippen molar-refractivity contribution in [1.82, 2.24) is 0 Å². The predicted molar refractivity (Wildman–Crippen MR) is 14.5 cm³/mol. The Labute approximate surface area is 35.4 Å². The average Bonchev–Trinajstić information content (AvgIpc) is 0. The Kier molecular flexibility index (Phi) is 2480000. The van der Waals surface area contributed by atoms with Crippen LogP contribution in [0.15, 0.2) is 0 Å². The van der Waals surface area contributed by atoms with Crippen LogP contribution in [0.25, 0.3) is 0 Å². The summed E-state index contributed by atoms with van der Waals surface area (Å²) < 4.78 is 0. The van der Waals surface area contributed by atoms with Crippen LogP contribution < -0.4 is 12.4 Å². The minimum absolute atomic E-state index is 0. The summed E-state index contributed by atoms with van der Waals surface area (Å²) in [6, 6.07) is 0. The van der Waals surface area contributed by atoms with Gasteiger partial charge in [0.1, 0.15) is 0 Å². The molecule has 0 aliphatic heterocycles. The molecule has 0 heterocycles. The molecule has 0 saturated carbocycles. The molecule has 0 saturated heterocycles. The van der Waals surface area contributed by atoms with Gasteiger partial charge in [0, 0.05) is 0 Å². The summed E-state index contributed by atoms with van der Waals surface area (Å²) in [7, 11) is 0. The van der Waals surface area contributed by atoms with Crippen molar-refractivity contribution >= 4 is 0 Å². The summed E-state index contributed by atoms with van der Waals surface area (Å²) in [5.74, 6) is 0. The highest BCUT2D eigenvalue weighted by Gasteiger charge is -0.409. The smallest absolute Gasteiger partial charge is 0.412 e. The maximum atomic E-state index is 0. The monoisotopic (exact) mass is 107 g/mol. The van der Waals surface area contributed by atoms with Crippen LogP contribution in [-0.4, -0.2) is 21.9 Å². The van der Waals surface area contributed by atoms with E-state index in [4.69, 9.17) is 0 Å². The molecule has 0 aliphatic carbocycles. The third-order valence-electron chi connectivity index (χ3n) is 0. The quantitative estimate of drug-likeness (QED) is 0.292. The van der Waals surface area contributed by atoms with E-state index in [0.717, 1.165) is 0 Å². The van der Waals surface area contributed by atoms with E-state index >= 15 is 0 Å². The van der Waals surface area contributed by atoms with Crippen molar-refractivity contribution in [1.29, 1.82) is 0 Å². The third kappa shape index (κ3) is 1110. The Morgan fingerprint density at radius 2 is 0.400 bits per heavy atom. The summed E-state index contributed by atoms with van der Waals surface area (Å²) >= 11 is 0. The van der Waals surface area contributed by atoms with Gasteiger partial charge in [-0.05, 0) is 0 Å². The molecule has 0 aromatic rings. The zero-order valence-corrected chi connectivity index (χ0v) is 3.13. The Morgan fingerprint density at radius 1 is 0.400 bits per heavy atom. The Bertz CT molecular complexity index is 3.61. The second kappa shape index (κ2) is 2390. The van der Waals surface area contributed by atoms with Crippen LogP contribution in [0, 0.1) is 0 Å². The molecule has 0 unspecified atom stereocenters. The van der Waals surface area contributed by atoms with Gasteiger partial charge in [0.05, 0.1) is 0 Å². The van der Waals surface area contributed by atoms with Crippen molar-refractivity contribution in [3.63, 3.8) is 0 Å². The molecule has 0 aromatic carbocycles. The molecule has 0 fully saturated rings. The molecule has 8 N–H and O–H groups in total. The van der Waals surface area contributed by atoms with E-state index in [2.05, 4.69) is 0 Å². The summed E-state index contributed by atoms with van der Waals surface area (Å²) in [4.78, 5) is 0. The van der Waals surface area contributed by atoms with Crippen LogP contribution in [-0.2, 0) is 0 Å². The summed E-state index contributed by atoms with van der Waals surface area (Å²) in [5, 5.41) is 0. The van der Waals surface area contributed by atoms with Crippen molar-refractivity contribution in [2.45, 2.75) is 0 Å². The molecule has 5 heteroatoms. The van der Waals surface area contributed by atoms with Gasteiger partial charge in [-0.25, -0.2) is 0 Å². The fraction of sp³-hybridized carbons (Fsp3) is 0. The fourth-order valence-corrected chi connectivity index (χ4v) is 0. The second-order valence-electron chi connectivity index (χ2n) is 0. The molecular weight excluding hydrogens is 99.4 g/mol. The third-order valence-corrected chi connectivity index (χ3v) is 0. The molecule has 0 amide bonds. The van der Waals surface area contributed by atoms with Crippen molar-refractivity contribution in [3.8, 4) is 0 Å². The van der Waals surface area contributed by atoms with E-state index in [9.17, 15) is 0 Å².